The van der Waals surface area contributed by atoms with Crippen LogP contribution in [0, 0.1) is 0 Å². The second-order valence-corrected chi connectivity index (χ2v) is 10.0. The molecule has 33 heavy (non-hydrogen) atoms. The van der Waals surface area contributed by atoms with Crippen LogP contribution in [0.2, 0.25) is 0 Å². The summed E-state index contributed by atoms with van der Waals surface area (Å²) in [5.41, 5.74) is 1.87. The fourth-order valence-electron chi connectivity index (χ4n) is 3.43. The molecule has 1 fully saturated rings. The van der Waals surface area contributed by atoms with Crippen molar-refractivity contribution in [1.82, 2.24) is 14.5 Å². The van der Waals surface area contributed by atoms with Gasteiger partial charge in [-0.05, 0) is 49.6 Å². The number of nitrogens with one attached hydrogen (secondary N) is 2. The smallest absolute Gasteiger partial charge is 0.259 e. The lowest BCUT2D eigenvalue weighted by molar-refractivity contribution is 0.102. The molecule has 1 unspecified atom stereocenters. The van der Waals surface area contributed by atoms with E-state index in [9.17, 15) is 13.2 Å². The number of para-hydroxylation sites is 1. The van der Waals surface area contributed by atoms with Gasteiger partial charge in [-0.25, -0.2) is 17.8 Å². The molecule has 1 aliphatic carbocycles. The lowest BCUT2D eigenvalue weighted by atomic mass is 10.1. The quantitative estimate of drug-likeness (QED) is 0.438. The molecule has 1 atom stereocenters. The maximum atomic E-state index is 13.3. The Morgan fingerprint density at radius 3 is 2.61 bits per heavy atom. The van der Waals surface area contributed by atoms with Crippen molar-refractivity contribution in [3.05, 3.63) is 66.0 Å². The second-order valence-electron chi connectivity index (χ2n) is 7.78. The van der Waals surface area contributed by atoms with Gasteiger partial charge in [-0.2, -0.15) is 5.10 Å². The summed E-state index contributed by atoms with van der Waals surface area (Å²) in [6, 6.07) is 13.7. The van der Waals surface area contributed by atoms with Crippen LogP contribution in [0.4, 0.5) is 5.69 Å². The Balaban J connectivity index is 1.68. The monoisotopic (exact) mass is 488 g/mol. The van der Waals surface area contributed by atoms with Crippen molar-refractivity contribution >= 4 is 33.2 Å². The van der Waals surface area contributed by atoms with Gasteiger partial charge in [0.1, 0.15) is 5.75 Å². The van der Waals surface area contributed by atoms with E-state index in [2.05, 4.69) is 15.1 Å². The Kier molecular flexibility index (Phi) is 6.73. The average Bonchev–Trinajstić information content (AvgIpc) is 3.51. The predicted molar refractivity (Wildman–Crippen MR) is 127 cm³/mol. The van der Waals surface area contributed by atoms with Gasteiger partial charge >= 0.3 is 0 Å². The number of hydrogen-bond donors (Lipinski definition) is 2. The van der Waals surface area contributed by atoms with Crippen LogP contribution in [0.15, 0.2) is 59.6 Å². The van der Waals surface area contributed by atoms with E-state index in [-0.39, 0.29) is 16.6 Å². The molecule has 10 heteroatoms. The number of aromatic nitrogens is 2. The average molecular weight is 489 g/mol. The summed E-state index contributed by atoms with van der Waals surface area (Å²) in [7, 11) is -2.25. The number of nitrogens with zero attached hydrogens (tertiary/aromatic N) is 2. The number of carbonyl (C=O) groups is 1. The SMILES string of the molecule is CCC(Cl)c1c(C(=O)Nc2cc(S(=O)(=O)NC3CC3)ccc2OC)cnn1-c1ccccc1. The van der Waals surface area contributed by atoms with E-state index in [1.807, 2.05) is 37.3 Å². The number of amides is 1. The Hall–Kier alpha value is -2.88. The molecule has 1 heterocycles. The van der Waals surface area contributed by atoms with Crippen molar-refractivity contribution in [2.45, 2.75) is 42.5 Å². The molecule has 4 rings (SSSR count). The molecule has 1 amide bonds. The summed E-state index contributed by atoms with van der Waals surface area (Å²) in [6.07, 6.45) is 3.70. The van der Waals surface area contributed by atoms with Crippen LogP contribution in [-0.2, 0) is 10.0 Å². The number of methoxy groups -OCH3 is 1. The minimum Gasteiger partial charge on any atom is -0.495 e. The largest absolute Gasteiger partial charge is 0.495 e. The fourth-order valence-corrected chi connectivity index (χ4v) is 4.97. The number of sulfonamides is 1. The number of rotatable bonds is 9. The van der Waals surface area contributed by atoms with Gasteiger partial charge in [0, 0.05) is 6.04 Å². The molecule has 0 bridgehead atoms. The van der Waals surface area contributed by atoms with Crippen molar-refractivity contribution in [1.29, 1.82) is 0 Å². The number of ether oxygens (including phenoxy) is 1. The highest BCUT2D eigenvalue weighted by atomic mass is 35.5. The molecule has 0 saturated heterocycles. The minimum absolute atomic E-state index is 0.0313. The van der Waals surface area contributed by atoms with Crippen LogP contribution in [0.3, 0.4) is 0 Å². The molecule has 0 spiro atoms. The Morgan fingerprint density at radius 2 is 1.97 bits per heavy atom. The van der Waals surface area contributed by atoms with E-state index in [1.165, 1.54) is 31.5 Å². The van der Waals surface area contributed by atoms with Gasteiger partial charge in [-0.3, -0.25) is 4.79 Å². The zero-order valence-electron chi connectivity index (χ0n) is 18.3. The van der Waals surface area contributed by atoms with Crippen LogP contribution >= 0.6 is 11.6 Å². The number of hydrogen-bond acceptors (Lipinski definition) is 5. The number of alkyl halides is 1. The van der Waals surface area contributed by atoms with Crippen molar-refractivity contribution in [2.75, 3.05) is 12.4 Å². The lowest BCUT2D eigenvalue weighted by Gasteiger charge is -2.15. The Bertz CT molecular complexity index is 1260. The topological polar surface area (TPSA) is 102 Å². The summed E-state index contributed by atoms with van der Waals surface area (Å²) in [4.78, 5) is 13.3. The summed E-state index contributed by atoms with van der Waals surface area (Å²) in [5.74, 6) is -0.127. The van der Waals surface area contributed by atoms with Gasteiger partial charge in [-0.1, -0.05) is 25.1 Å². The molecule has 2 aromatic carbocycles. The summed E-state index contributed by atoms with van der Waals surface area (Å²) < 4.78 is 34.9. The molecular formula is C23H25ClN4O4S. The first-order chi connectivity index (χ1) is 15.8. The number of halogens is 1. The molecule has 0 radical (unpaired) electrons. The van der Waals surface area contributed by atoms with E-state index in [1.54, 1.807) is 4.68 Å². The van der Waals surface area contributed by atoms with Crippen molar-refractivity contribution in [2.24, 2.45) is 0 Å². The van der Waals surface area contributed by atoms with E-state index >= 15 is 0 Å². The molecule has 174 valence electrons. The van der Waals surface area contributed by atoms with Gasteiger partial charge in [0.25, 0.3) is 5.91 Å². The highest BCUT2D eigenvalue weighted by Crippen LogP contribution is 2.32. The molecule has 8 nitrogen and oxygen atoms in total. The molecule has 3 aromatic rings. The van der Waals surface area contributed by atoms with Crippen LogP contribution in [0.25, 0.3) is 5.69 Å². The Labute approximate surface area is 198 Å². The zero-order valence-corrected chi connectivity index (χ0v) is 19.9. The van der Waals surface area contributed by atoms with Gasteiger partial charge in [0.05, 0.1) is 46.2 Å². The van der Waals surface area contributed by atoms with E-state index in [0.29, 0.717) is 23.4 Å². The van der Waals surface area contributed by atoms with Gasteiger partial charge in [-0.15, -0.1) is 11.6 Å². The maximum Gasteiger partial charge on any atom is 0.259 e. The fraction of sp³-hybridized carbons (Fsp3) is 0.304. The third-order valence-electron chi connectivity index (χ3n) is 5.34. The first-order valence-electron chi connectivity index (χ1n) is 10.6. The third-order valence-corrected chi connectivity index (χ3v) is 7.37. The van der Waals surface area contributed by atoms with Crippen LogP contribution < -0.4 is 14.8 Å². The van der Waals surface area contributed by atoms with Gasteiger partial charge in [0.2, 0.25) is 10.0 Å². The van der Waals surface area contributed by atoms with E-state index in [0.717, 1.165) is 18.5 Å². The van der Waals surface area contributed by atoms with Crippen LogP contribution in [-0.4, -0.2) is 37.3 Å². The summed E-state index contributed by atoms with van der Waals surface area (Å²) >= 11 is 6.58. The normalized spacial score (nSPS) is 14.6. The molecule has 1 aliphatic rings. The zero-order chi connectivity index (χ0) is 23.6. The third kappa shape index (κ3) is 5.05. The number of benzene rings is 2. The van der Waals surface area contributed by atoms with Gasteiger partial charge < -0.3 is 10.1 Å². The van der Waals surface area contributed by atoms with Crippen molar-refractivity contribution in [3.8, 4) is 11.4 Å². The number of carbonyl (C=O) groups excluding carboxylic acids is 1. The minimum atomic E-state index is -3.70. The first kappa shape index (κ1) is 23.3. The maximum absolute atomic E-state index is 13.3. The van der Waals surface area contributed by atoms with Crippen molar-refractivity contribution in [3.63, 3.8) is 0 Å². The summed E-state index contributed by atoms with van der Waals surface area (Å²) in [6.45, 7) is 1.92. The standard InChI is InChI=1S/C23H25ClN4O4S/c1-3-19(24)22-18(14-25-28(22)16-7-5-4-6-8-16)23(29)26-20-13-17(11-12-21(20)32-2)33(30,31)27-15-9-10-15/h4-8,11-15,19,27H,3,9-10H2,1-2H3,(H,26,29). The van der Waals surface area contributed by atoms with Crippen LogP contribution in [0.5, 0.6) is 5.75 Å². The van der Waals surface area contributed by atoms with Crippen molar-refractivity contribution < 1.29 is 17.9 Å². The second kappa shape index (κ2) is 9.54. The van der Waals surface area contributed by atoms with Crippen LogP contribution in [0.1, 0.15) is 47.6 Å². The number of anilines is 1. The summed E-state index contributed by atoms with van der Waals surface area (Å²) in [5, 5.41) is 6.71. The highest BCUT2D eigenvalue weighted by Gasteiger charge is 2.29. The molecular weight excluding hydrogens is 464 g/mol. The predicted octanol–water partition coefficient (Wildman–Crippen LogP) is 4.26. The molecule has 1 aromatic heterocycles. The lowest BCUT2D eigenvalue weighted by Crippen LogP contribution is -2.26. The first-order valence-corrected chi connectivity index (χ1v) is 12.5. The Morgan fingerprint density at radius 1 is 1.24 bits per heavy atom. The molecule has 0 aliphatic heterocycles. The molecule has 2 N–H and O–H groups in total. The van der Waals surface area contributed by atoms with E-state index < -0.39 is 21.3 Å². The van der Waals surface area contributed by atoms with Gasteiger partial charge in [0.15, 0.2) is 0 Å². The molecule has 1 saturated carbocycles. The van der Waals surface area contributed by atoms with E-state index in [4.69, 9.17) is 16.3 Å². The highest BCUT2D eigenvalue weighted by molar-refractivity contribution is 7.89.